The molecular formula is C18H17N3O3. The first kappa shape index (κ1) is 17.1. The molecule has 0 aliphatic heterocycles. The van der Waals surface area contributed by atoms with E-state index in [1.807, 2.05) is 38.1 Å². The summed E-state index contributed by atoms with van der Waals surface area (Å²) in [6.07, 6.45) is 1.75. The molecule has 0 unspecified atom stereocenters. The van der Waals surface area contributed by atoms with E-state index < -0.39 is 11.9 Å². The summed E-state index contributed by atoms with van der Waals surface area (Å²) in [5, 5.41) is 19.6. The zero-order chi connectivity index (χ0) is 17.5. The molecule has 2 aromatic rings. The highest BCUT2D eigenvalue weighted by Gasteiger charge is 2.03. The average Bonchev–Trinajstić information content (AvgIpc) is 2.53. The number of aryl methyl sites for hydroxylation is 2. The fourth-order valence-electron chi connectivity index (χ4n) is 1.96. The standard InChI is InChI=1S/C18H17N3O3/c1-12-5-3-4-6-15(12)20-21-16-8-7-14(11-13(16)2)19-17(22)9-10-18(23)24/h3-11H,1-2H3,(H,19,22)(H,23,24)/b10-9-,21-20?. The summed E-state index contributed by atoms with van der Waals surface area (Å²) in [7, 11) is 0. The minimum absolute atomic E-state index is 0.508. The Hall–Kier alpha value is -3.28. The highest BCUT2D eigenvalue weighted by Crippen LogP contribution is 2.26. The fraction of sp³-hybridized carbons (Fsp3) is 0.111. The third-order valence-corrected chi connectivity index (χ3v) is 3.22. The number of aliphatic carboxylic acids is 1. The molecule has 0 radical (unpaired) electrons. The van der Waals surface area contributed by atoms with Crippen molar-refractivity contribution in [1.29, 1.82) is 0 Å². The van der Waals surface area contributed by atoms with Crippen LogP contribution in [0.25, 0.3) is 0 Å². The first-order valence-corrected chi connectivity index (χ1v) is 7.26. The van der Waals surface area contributed by atoms with Gasteiger partial charge in [0.1, 0.15) is 0 Å². The van der Waals surface area contributed by atoms with Crippen LogP contribution in [-0.2, 0) is 9.59 Å². The van der Waals surface area contributed by atoms with Gasteiger partial charge in [0.05, 0.1) is 11.4 Å². The fourth-order valence-corrected chi connectivity index (χ4v) is 1.96. The quantitative estimate of drug-likeness (QED) is 0.635. The molecule has 0 aromatic heterocycles. The Balaban J connectivity index is 2.11. The number of carbonyl (C=O) groups excluding carboxylic acids is 1. The lowest BCUT2D eigenvalue weighted by Gasteiger charge is -2.05. The van der Waals surface area contributed by atoms with Crippen molar-refractivity contribution in [3.63, 3.8) is 0 Å². The predicted octanol–water partition coefficient (Wildman–Crippen LogP) is 4.30. The summed E-state index contributed by atoms with van der Waals surface area (Å²) in [6, 6.07) is 12.9. The van der Waals surface area contributed by atoms with Gasteiger partial charge in [0.2, 0.25) is 5.91 Å². The Bertz CT molecular complexity index is 826. The third-order valence-electron chi connectivity index (χ3n) is 3.22. The van der Waals surface area contributed by atoms with Gasteiger partial charge in [-0.1, -0.05) is 18.2 Å². The number of amides is 1. The molecule has 2 N–H and O–H groups in total. The Morgan fingerprint density at radius 2 is 1.62 bits per heavy atom. The van der Waals surface area contributed by atoms with Gasteiger partial charge < -0.3 is 10.4 Å². The Labute approximate surface area is 139 Å². The number of anilines is 1. The molecule has 0 spiro atoms. The number of benzene rings is 2. The van der Waals surface area contributed by atoms with E-state index in [1.54, 1.807) is 18.2 Å². The lowest BCUT2D eigenvalue weighted by Crippen LogP contribution is -2.08. The van der Waals surface area contributed by atoms with E-state index in [-0.39, 0.29) is 0 Å². The summed E-state index contributed by atoms with van der Waals surface area (Å²) >= 11 is 0. The minimum atomic E-state index is -1.17. The highest BCUT2D eigenvalue weighted by atomic mass is 16.4. The predicted molar refractivity (Wildman–Crippen MR) is 91.9 cm³/mol. The molecule has 2 aromatic carbocycles. The molecule has 6 heteroatoms. The van der Waals surface area contributed by atoms with Gasteiger partial charge in [-0.15, -0.1) is 0 Å². The second kappa shape index (κ2) is 7.82. The SMILES string of the molecule is Cc1ccccc1N=Nc1ccc(NC(=O)/C=C\C(=O)O)cc1C. The normalized spacial score (nSPS) is 11.1. The zero-order valence-corrected chi connectivity index (χ0v) is 13.4. The highest BCUT2D eigenvalue weighted by molar-refractivity contribution is 6.02. The van der Waals surface area contributed by atoms with Crippen molar-refractivity contribution in [2.24, 2.45) is 10.2 Å². The van der Waals surface area contributed by atoms with Gasteiger partial charge in [-0.05, 0) is 49.2 Å². The Kier molecular flexibility index (Phi) is 5.57. The van der Waals surface area contributed by atoms with Crippen LogP contribution < -0.4 is 5.32 Å². The Morgan fingerprint density at radius 3 is 2.25 bits per heavy atom. The molecule has 0 saturated carbocycles. The first-order chi connectivity index (χ1) is 11.5. The van der Waals surface area contributed by atoms with Gasteiger partial charge in [0.25, 0.3) is 0 Å². The van der Waals surface area contributed by atoms with Crippen LogP contribution in [0.1, 0.15) is 11.1 Å². The maximum atomic E-state index is 11.6. The number of hydrogen-bond donors (Lipinski definition) is 2. The molecule has 0 aliphatic carbocycles. The molecule has 0 atom stereocenters. The molecule has 0 bridgehead atoms. The lowest BCUT2D eigenvalue weighted by molar-refractivity contribution is -0.131. The van der Waals surface area contributed by atoms with E-state index in [9.17, 15) is 9.59 Å². The molecular weight excluding hydrogens is 306 g/mol. The smallest absolute Gasteiger partial charge is 0.328 e. The topological polar surface area (TPSA) is 91.1 Å². The number of carboxylic acid groups (broad SMARTS) is 1. The van der Waals surface area contributed by atoms with E-state index in [4.69, 9.17) is 5.11 Å². The summed E-state index contributed by atoms with van der Waals surface area (Å²) in [4.78, 5) is 21.9. The van der Waals surface area contributed by atoms with Crippen molar-refractivity contribution in [3.8, 4) is 0 Å². The van der Waals surface area contributed by atoms with E-state index >= 15 is 0 Å². The number of carbonyl (C=O) groups is 2. The van der Waals surface area contributed by atoms with Crippen molar-refractivity contribution < 1.29 is 14.7 Å². The number of rotatable bonds is 5. The Morgan fingerprint density at radius 1 is 0.958 bits per heavy atom. The molecule has 6 nitrogen and oxygen atoms in total. The van der Waals surface area contributed by atoms with Crippen LogP contribution in [0.5, 0.6) is 0 Å². The maximum absolute atomic E-state index is 11.6. The minimum Gasteiger partial charge on any atom is -0.478 e. The van der Waals surface area contributed by atoms with Crippen LogP contribution in [0, 0.1) is 13.8 Å². The monoisotopic (exact) mass is 323 g/mol. The van der Waals surface area contributed by atoms with Crippen LogP contribution >= 0.6 is 0 Å². The van der Waals surface area contributed by atoms with Gasteiger partial charge in [-0.3, -0.25) is 4.79 Å². The molecule has 0 aliphatic rings. The van der Waals surface area contributed by atoms with Gasteiger partial charge in [0.15, 0.2) is 0 Å². The zero-order valence-electron chi connectivity index (χ0n) is 13.4. The number of nitrogens with zero attached hydrogens (tertiary/aromatic N) is 2. The second-order valence-corrected chi connectivity index (χ2v) is 5.15. The van der Waals surface area contributed by atoms with E-state index in [1.165, 1.54) is 0 Å². The van der Waals surface area contributed by atoms with Crippen LogP contribution in [0.3, 0.4) is 0 Å². The van der Waals surface area contributed by atoms with Gasteiger partial charge in [-0.2, -0.15) is 10.2 Å². The molecule has 24 heavy (non-hydrogen) atoms. The molecule has 0 heterocycles. The second-order valence-electron chi connectivity index (χ2n) is 5.15. The first-order valence-electron chi connectivity index (χ1n) is 7.26. The molecule has 2 rings (SSSR count). The average molecular weight is 323 g/mol. The molecule has 1 amide bonds. The summed E-state index contributed by atoms with van der Waals surface area (Å²) in [5.74, 6) is -1.68. The molecule has 0 fully saturated rings. The lowest BCUT2D eigenvalue weighted by atomic mass is 10.2. The van der Waals surface area contributed by atoms with Crippen LogP contribution in [0.4, 0.5) is 17.1 Å². The van der Waals surface area contributed by atoms with Crippen LogP contribution in [0.15, 0.2) is 64.8 Å². The number of azo groups is 1. The van der Waals surface area contributed by atoms with Gasteiger partial charge in [0, 0.05) is 17.8 Å². The van der Waals surface area contributed by atoms with E-state index in [2.05, 4.69) is 15.5 Å². The molecule has 0 saturated heterocycles. The largest absolute Gasteiger partial charge is 0.478 e. The molecule has 122 valence electrons. The van der Waals surface area contributed by atoms with Gasteiger partial charge in [-0.25, -0.2) is 4.79 Å². The van der Waals surface area contributed by atoms with Crippen molar-refractivity contribution in [2.75, 3.05) is 5.32 Å². The third kappa shape index (κ3) is 4.88. The van der Waals surface area contributed by atoms with E-state index in [0.29, 0.717) is 11.4 Å². The van der Waals surface area contributed by atoms with E-state index in [0.717, 1.165) is 29.0 Å². The number of hydrogen-bond acceptors (Lipinski definition) is 4. The summed E-state index contributed by atoms with van der Waals surface area (Å²) in [5.41, 5.74) is 3.92. The van der Waals surface area contributed by atoms with Crippen molar-refractivity contribution in [2.45, 2.75) is 13.8 Å². The van der Waals surface area contributed by atoms with Gasteiger partial charge >= 0.3 is 5.97 Å². The van der Waals surface area contributed by atoms with Crippen molar-refractivity contribution >= 4 is 28.9 Å². The summed E-state index contributed by atoms with van der Waals surface area (Å²) < 4.78 is 0. The summed E-state index contributed by atoms with van der Waals surface area (Å²) in [6.45, 7) is 3.82. The number of nitrogens with one attached hydrogen (secondary N) is 1. The van der Waals surface area contributed by atoms with Crippen LogP contribution in [0.2, 0.25) is 0 Å². The van der Waals surface area contributed by atoms with Crippen molar-refractivity contribution in [3.05, 3.63) is 65.7 Å². The number of carboxylic acids is 1. The maximum Gasteiger partial charge on any atom is 0.328 e. The van der Waals surface area contributed by atoms with Crippen LogP contribution in [-0.4, -0.2) is 17.0 Å². The van der Waals surface area contributed by atoms with Crippen molar-refractivity contribution in [1.82, 2.24) is 0 Å².